The van der Waals surface area contributed by atoms with Crippen molar-refractivity contribution < 1.29 is 4.79 Å². The number of imidazole rings is 1. The molecule has 1 amide bonds. The summed E-state index contributed by atoms with van der Waals surface area (Å²) in [6, 6.07) is 16.0. The normalized spacial score (nSPS) is 16.2. The number of hydrogen-bond donors (Lipinski definition) is 2. The van der Waals surface area contributed by atoms with Crippen LogP contribution in [0.1, 0.15) is 37.1 Å². The average Bonchev–Trinajstić information content (AvgIpc) is 3.24. The number of nitrogens with one attached hydrogen (secondary N) is 2. The third-order valence-corrected chi connectivity index (χ3v) is 5.30. The molecule has 128 valence electrons. The zero-order chi connectivity index (χ0) is 17.3. The molecular weight excluding hydrogens is 310 g/mol. The first kappa shape index (κ1) is 15.9. The van der Waals surface area contributed by atoms with Crippen molar-refractivity contribution >= 4 is 22.6 Å². The first-order chi connectivity index (χ1) is 12.1. The third-order valence-electron chi connectivity index (χ3n) is 5.30. The number of hydrogen-bond acceptors (Lipinski definition) is 2. The SMILES string of the molecule is Cc1ccc(NC(=O)C2(Cc3nc4ccccc4[nH]3)CCCC2)cc1. The van der Waals surface area contributed by atoms with Crippen LogP contribution >= 0.6 is 0 Å². The molecule has 1 fully saturated rings. The third kappa shape index (κ3) is 3.16. The molecule has 1 aliphatic carbocycles. The van der Waals surface area contributed by atoms with E-state index in [1.807, 2.05) is 55.5 Å². The Morgan fingerprint density at radius 3 is 2.56 bits per heavy atom. The number of carbonyl (C=O) groups is 1. The number of amides is 1. The Kier molecular flexibility index (Phi) is 4.04. The molecule has 4 heteroatoms. The molecule has 0 aliphatic heterocycles. The largest absolute Gasteiger partial charge is 0.342 e. The van der Waals surface area contributed by atoms with Crippen LogP contribution in [0.15, 0.2) is 48.5 Å². The molecule has 4 rings (SSSR count). The first-order valence-electron chi connectivity index (χ1n) is 8.96. The van der Waals surface area contributed by atoms with Gasteiger partial charge in [0.05, 0.1) is 16.4 Å². The molecule has 3 aromatic rings. The summed E-state index contributed by atoms with van der Waals surface area (Å²) in [7, 11) is 0. The van der Waals surface area contributed by atoms with Crippen LogP contribution in [-0.4, -0.2) is 15.9 Å². The quantitative estimate of drug-likeness (QED) is 0.732. The Hall–Kier alpha value is -2.62. The van der Waals surface area contributed by atoms with Gasteiger partial charge in [0.1, 0.15) is 5.82 Å². The summed E-state index contributed by atoms with van der Waals surface area (Å²) in [4.78, 5) is 21.2. The average molecular weight is 333 g/mol. The highest BCUT2D eigenvalue weighted by atomic mass is 16.2. The number of aromatic amines is 1. The van der Waals surface area contributed by atoms with E-state index in [4.69, 9.17) is 0 Å². The summed E-state index contributed by atoms with van der Waals surface area (Å²) in [5.41, 5.74) is 3.69. The molecule has 0 unspecified atom stereocenters. The van der Waals surface area contributed by atoms with Crippen molar-refractivity contribution in [1.82, 2.24) is 9.97 Å². The number of carbonyl (C=O) groups excluding carboxylic acids is 1. The number of fused-ring (bicyclic) bond motifs is 1. The predicted molar refractivity (Wildman–Crippen MR) is 101 cm³/mol. The van der Waals surface area contributed by atoms with Crippen LogP contribution in [0.2, 0.25) is 0 Å². The molecule has 0 saturated heterocycles. The fraction of sp³-hybridized carbons (Fsp3) is 0.333. The number of H-pyrrole nitrogens is 1. The minimum Gasteiger partial charge on any atom is -0.342 e. The monoisotopic (exact) mass is 333 g/mol. The lowest BCUT2D eigenvalue weighted by Gasteiger charge is -2.26. The number of benzene rings is 2. The van der Waals surface area contributed by atoms with Crippen LogP contribution in [0.25, 0.3) is 11.0 Å². The van der Waals surface area contributed by atoms with E-state index < -0.39 is 0 Å². The van der Waals surface area contributed by atoms with Gasteiger partial charge < -0.3 is 10.3 Å². The van der Waals surface area contributed by atoms with Crippen molar-refractivity contribution in [3.05, 3.63) is 59.9 Å². The molecule has 4 nitrogen and oxygen atoms in total. The van der Waals surface area contributed by atoms with Crippen molar-refractivity contribution in [2.75, 3.05) is 5.32 Å². The number of rotatable bonds is 4. The van der Waals surface area contributed by atoms with Gasteiger partial charge in [-0.1, -0.05) is 42.7 Å². The summed E-state index contributed by atoms with van der Waals surface area (Å²) in [6.07, 6.45) is 4.70. The summed E-state index contributed by atoms with van der Waals surface area (Å²) >= 11 is 0. The van der Waals surface area contributed by atoms with Crippen LogP contribution in [-0.2, 0) is 11.2 Å². The van der Waals surface area contributed by atoms with Gasteiger partial charge in [0.15, 0.2) is 0 Å². The Bertz CT molecular complexity index is 856. The smallest absolute Gasteiger partial charge is 0.231 e. The molecule has 1 saturated carbocycles. The predicted octanol–water partition coefficient (Wildman–Crippen LogP) is 4.61. The topological polar surface area (TPSA) is 57.8 Å². The summed E-state index contributed by atoms with van der Waals surface area (Å²) < 4.78 is 0. The highest BCUT2D eigenvalue weighted by Gasteiger charge is 2.42. The minimum atomic E-state index is -0.362. The van der Waals surface area contributed by atoms with E-state index in [0.717, 1.165) is 48.2 Å². The van der Waals surface area contributed by atoms with E-state index in [2.05, 4.69) is 15.3 Å². The van der Waals surface area contributed by atoms with E-state index in [0.29, 0.717) is 6.42 Å². The zero-order valence-corrected chi connectivity index (χ0v) is 14.5. The van der Waals surface area contributed by atoms with Gasteiger partial charge in [-0.15, -0.1) is 0 Å². The Morgan fingerprint density at radius 2 is 1.84 bits per heavy atom. The maximum Gasteiger partial charge on any atom is 0.231 e. The first-order valence-corrected chi connectivity index (χ1v) is 8.96. The lowest BCUT2D eigenvalue weighted by Crippen LogP contribution is -2.36. The van der Waals surface area contributed by atoms with E-state index in [1.165, 1.54) is 5.56 Å². The van der Waals surface area contributed by atoms with E-state index in [1.54, 1.807) is 0 Å². The van der Waals surface area contributed by atoms with Gasteiger partial charge in [-0.05, 0) is 44.0 Å². The molecule has 0 spiro atoms. The van der Waals surface area contributed by atoms with Crippen molar-refractivity contribution in [2.45, 2.75) is 39.0 Å². The summed E-state index contributed by atoms with van der Waals surface area (Å²) in [5.74, 6) is 1.02. The van der Waals surface area contributed by atoms with Crippen molar-refractivity contribution in [3.63, 3.8) is 0 Å². The maximum absolute atomic E-state index is 13.1. The van der Waals surface area contributed by atoms with Gasteiger partial charge in [-0.3, -0.25) is 4.79 Å². The molecule has 0 radical (unpaired) electrons. The molecule has 2 N–H and O–H groups in total. The van der Waals surface area contributed by atoms with Crippen LogP contribution in [0, 0.1) is 12.3 Å². The number of anilines is 1. The van der Waals surface area contributed by atoms with E-state index >= 15 is 0 Å². The van der Waals surface area contributed by atoms with Gasteiger partial charge in [0.2, 0.25) is 5.91 Å². The zero-order valence-electron chi connectivity index (χ0n) is 14.5. The van der Waals surface area contributed by atoms with E-state index in [9.17, 15) is 4.79 Å². The van der Waals surface area contributed by atoms with Crippen LogP contribution < -0.4 is 5.32 Å². The van der Waals surface area contributed by atoms with Gasteiger partial charge in [-0.25, -0.2) is 4.98 Å². The highest BCUT2D eigenvalue weighted by molar-refractivity contribution is 5.95. The minimum absolute atomic E-state index is 0.120. The number of aromatic nitrogens is 2. The number of aryl methyl sites for hydroxylation is 1. The van der Waals surface area contributed by atoms with Gasteiger partial charge in [-0.2, -0.15) is 0 Å². The Morgan fingerprint density at radius 1 is 1.12 bits per heavy atom. The molecule has 0 atom stereocenters. The van der Waals surface area contributed by atoms with Crippen molar-refractivity contribution in [3.8, 4) is 0 Å². The Balaban J connectivity index is 1.58. The standard InChI is InChI=1S/C21H23N3O/c1-15-8-10-16(11-9-15)22-20(25)21(12-4-5-13-21)14-19-23-17-6-2-3-7-18(17)24-19/h2-3,6-11H,4-5,12-14H2,1H3,(H,22,25)(H,23,24). The molecule has 1 aliphatic rings. The summed E-state index contributed by atoms with van der Waals surface area (Å²) in [6.45, 7) is 2.05. The molecule has 0 bridgehead atoms. The second-order valence-electron chi connectivity index (χ2n) is 7.19. The van der Waals surface area contributed by atoms with Crippen molar-refractivity contribution in [2.24, 2.45) is 5.41 Å². The highest BCUT2D eigenvalue weighted by Crippen LogP contribution is 2.41. The number of nitrogens with zero attached hydrogens (tertiary/aromatic N) is 1. The molecular formula is C21H23N3O. The number of para-hydroxylation sites is 2. The lowest BCUT2D eigenvalue weighted by atomic mass is 9.81. The van der Waals surface area contributed by atoms with Crippen LogP contribution in [0.4, 0.5) is 5.69 Å². The molecule has 1 heterocycles. The summed E-state index contributed by atoms with van der Waals surface area (Å²) in [5, 5.41) is 3.13. The molecule has 1 aromatic heterocycles. The van der Waals surface area contributed by atoms with Crippen LogP contribution in [0.3, 0.4) is 0 Å². The van der Waals surface area contributed by atoms with Crippen LogP contribution in [0.5, 0.6) is 0 Å². The maximum atomic E-state index is 13.1. The molecule has 2 aromatic carbocycles. The van der Waals surface area contributed by atoms with Gasteiger partial charge in [0, 0.05) is 12.1 Å². The fourth-order valence-corrected chi connectivity index (χ4v) is 3.85. The lowest BCUT2D eigenvalue weighted by molar-refractivity contribution is -0.125. The fourth-order valence-electron chi connectivity index (χ4n) is 3.85. The molecule has 25 heavy (non-hydrogen) atoms. The van der Waals surface area contributed by atoms with Gasteiger partial charge >= 0.3 is 0 Å². The van der Waals surface area contributed by atoms with Gasteiger partial charge in [0.25, 0.3) is 0 Å². The second-order valence-corrected chi connectivity index (χ2v) is 7.19. The Labute approximate surface area is 147 Å². The van der Waals surface area contributed by atoms with E-state index in [-0.39, 0.29) is 11.3 Å². The van der Waals surface area contributed by atoms with Crippen molar-refractivity contribution in [1.29, 1.82) is 0 Å². The second kappa shape index (κ2) is 6.36.